The van der Waals surface area contributed by atoms with Crippen LogP contribution in [0.25, 0.3) is 10.9 Å². The van der Waals surface area contributed by atoms with Crippen molar-refractivity contribution in [3.63, 3.8) is 0 Å². The highest BCUT2D eigenvalue weighted by Gasteiger charge is 2.16. The number of amides is 1. The molecule has 0 fully saturated rings. The third-order valence-electron chi connectivity index (χ3n) is 6.88. The molecule has 1 amide bonds. The van der Waals surface area contributed by atoms with E-state index in [4.69, 9.17) is 4.98 Å². The van der Waals surface area contributed by atoms with Gasteiger partial charge in [-0.2, -0.15) is 0 Å². The van der Waals surface area contributed by atoms with Crippen molar-refractivity contribution in [1.29, 1.82) is 0 Å². The number of benzene rings is 1. The van der Waals surface area contributed by atoms with Crippen molar-refractivity contribution in [2.24, 2.45) is 0 Å². The summed E-state index contributed by atoms with van der Waals surface area (Å²) < 4.78 is 4.08. The molecular weight excluding hydrogens is 416 g/mol. The van der Waals surface area contributed by atoms with Crippen molar-refractivity contribution in [2.45, 2.75) is 83.7 Å². The van der Waals surface area contributed by atoms with Crippen LogP contribution in [0.3, 0.4) is 0 Å². The van der Waals surface area contributed by atoms with Gasteiger partial charge >= 0.3 is 0 Å². The highest BCUT2D eigenvalue weighted by atomic mass is 16.1. The first-order chi connectivity index (χ1) is 16.2. The van der Waals surface area contributed by atoms with Crippen LogP contribution in [-0.4, -0.2) is 36.8 Å². The van der Waals surface area contributed by atoms with Gasteiger partial charge in [-0.25, -0.2) is 4.98 Å². The van der Waals surface area contributed by atoms with Crippen molar-refractivity contribution in [2.75, 3.05) is 6.54 Å². The van der Waals surface area contributed by atoms with Gasteiger partial charge in [0.15, 0.2) is 0 Å². The van der Waals surface area contributed by atoms with Crippen LogP contribution in [0.15, 0.2) is 23.0 Å². The fourth-order valence-electron chi connectivity index (χ4n) is 5.02. The number of carbonyl (C=O) groups is 1. The van der Waals surface area contributed by atoms with Gasteiger partial charge in [0.25, 0.3) is 11.5 Å². The summed E-state index contributed by atoms with van der Waals surface area (Å²) in [5, 5.41) is 12.3. The Morgan fingerprint density at radius 3 is 2.55 bits per heavy atom. The molecule has 0 spiro atoms. The van der Waals surface area contributed by atoms with E-state index in [9.17, 15) is 9.59 Å². The minimum absolute atomic E-state index is 0.0105. The number of carbonyl (C=O) groups excluding carboxylic acids is 1. The minimum Gasteiger partial charge on any atom is -0.352 e. The lowest BCUT2D eigenvalue weighted by molar-refractivity contribution is 0.0953. The lowest BCUT2D eigenvalue weighted by Crippen LogP contribution is -2.27. The van der Waals surface area contributed by atoms with Gasteiger partial charge < -0.3 is 9.88 Å². The molecule has 33 heavy (non-hydrogen) atoms. The van der Waals surface area contributed by atoms with E-state index in [1.807, 2.05) is 4.57 Å². The molecule has 0 atom stereocenters. The molecule has 8 nitrogen and oxygen atoms in total. The van der Waals surface area contributed by atoms with E-state index >= 15 is 0 Å². The van der Waals surface area contributed by atoms with Gasteiger partial charge in [0, 0.05) is 44.5 Å². The van der Waals surface area contributed by atoms with Gasteiger partial charge in [-0.3, -0.25) is 14.2 Å². The van der Waals surface area contributed by atoms with E-state index < -0.39 is 0 Å². The molecule has 174 valence electrons. The maximum absolute atomic E-state index is 13.0. The van der Waals surface area contributed by atoms with E-state index in [1.165, 1.54) is 25.7 Å². The Kier molecular flexibility index (Phi) is 6.51. The van der Waals surface area contributed by atoms with Crippen molar-refractivity contribution in [3.8, 4) is 0 Å². The number of aromatic nitrogens is 5. The molecule has 2 aliphatic rings. The summed E-state index contributed by atoms with van der Waals surface area (Å²) in [6, 6.07) is 5.23. The molecule has 3 aromatic rings. The summed E-state index contributed by atoms with van der Waals surface area (Å²) in [4.78, 5) is 30.5. The number of aryl methyl sites for hydroxylation is 3. The molecule has 1 aromatic carbocycles. The molecule has 0 bridgehead atoms. The molecule has 0 unspecified atom stereocenters. The molecule has 2 aliphatic heterocycles. The van der Waals surface area contributed by atoms with Crippen LogP contribution in [0.1, 0.15) is 79.2 Å². The maximum atomic E-state index is 13.0. The van der Waals surface area contributed by atoms with Crippen LogP contribution in [-0.2, 0) is 32.4 Å². The summed E-state index contributed by atoms with van der Waals surface area (Å²) in [5.74, 6) is 2.83. The zero-order valence-electron chi connectivity index (χ0n) is 19.2. The van der Waals surface area contributed by atoms with Crippen LogP contribution in [0, 0.1) is 0 Å². The smallest absolute Gasteiger partial charge is 0.261 e. The number of rotatable bonds is 5. The Bertz CT molecular complexity index is 1210. The fraction of sp³-hybridized carbons (Fsp3) is 0.560. The summed E-state index contributed by atoms with van der Waals surface area (Å²) in [6.45, 7) is 2.30. The lowest BCUT2D eigenvalue weighted by Gasteiger charge is -2.16. The van der Waals surface area contributed by atoms with E-state index in [0.29, 0.717) is 23.0 Å². The average Bonchev–Trinajstić information content (AvgIpc) is 3.03. The molecule has 0 aliphatic carbocycles. The third-order valence-corrected chi connectivity index (χ3v) is 6.88. The van der Waals surface area contributed by atoms with E-state index in [1.54, 1.807) is 18.2 Å². The van der Waals surface area contributed by atoms with Crippen LogP contribution < -0.4 is 10.9 Å². The van der Waals surface area contributed by atoms with Crippen molar-refractivity contribution in [3.05, 3.63) is 51.6 Å². The first-order valence-electron chi connectivity index (χ1n) is 12.4. The van der Waals surface area contributed by atoms with E-state index in [-0.39, 0.29) is 11.5 Å². The normalized spacial score (nSPS) is 16.4. The summed E-state index contributed by atoms with van der Waals surface area (Å²) in [7, 11) is 0. The van der Waals surface area contributed by atoms with Gasteiger partial charge in [-0.15, -0.1) is 10.2 Å². The number of hydrogen-bond acceptors (Lipinski definition) is 5. The quantitative estimate of drug-likeness (QED) is 0.605. The Labute approximate surface area is 193 Å². The van der Waals surface area contributed by atoms with Gasteiger partial charge in [-0.1, -0.05) is 19.3 Å². The summed E-state index contributed by atoms with van der Waals surface area (Å²) >= 11 is 0. The molecule has 8 heteroatoms. The largest absolute Gasteiger partial charge is 0.352 e. The molecule has 4 heterocycles. The van der Waals surface area contributed by atoms with Crippen molar-refractivity contribution >= 4 is 16.8 Å². The predicted octanol–water partition coefficient (Wildman–Crippen LogP) is 3.19. The van der Waals surface area contributed by atoms with Gasteiger partial charge in [-0.05, 0) is 50.3 Å². The standard InChI is InChI=1S/C25H32N6O2/c32-24(26-14-8-11-23-29-28-22-10-5-3-7-15-30(22)23)18-12-13-19-20(17-18)27-21-9-4-1-2-6-16-31(21)25(19)33/h12-13,17H,1-11,14-16H2,(H,26,32). The van der Waals surface area contributed by atoms with Gasteiger partial charge in [0.1, 0.15) is 17.5 Å². The van der Waals surface area contributed by atoms with Crippen LogP contribution in [0.4, 0.5) is 0 Å². The van der Waals surface area contributed by atoms with Crippen molar-refractivity contribution in [1.82, 2.24) is 29.6 Å². The highest BCUT2D eigenvalue weighted by molar-refractivity contribution is 5.97. The van der Waals surface area contributed by atoms with E-state index in [2.05, 4.69) is 20.1 Å². The first-order valence-corrected chi connectivity index (χ1v) is 12.4. The third kappa shape index (κ3) is 4.70. The molecule has 2 aromatic heterocycles. The van der Waals surface area contributed by atoms with Crippen molar-refractivity contribution < 1.29 is 4.79 Å². The number of hydrogen-bond donors (Lipinski definition) is 1. The molecule has 0 radical (unpaired) electrons. The minimum atomic E-state index is -0.134. The Balaban J connectivity index is 1.24. The second-order valence-electron chi connectivity index (χ2n) is 9.24. The zero-order chi connectivity index (χ0) is 22.6. The lowest BCUT2D eigenvalue weighted by atomic mass is 10.1. The molecular formula is C25H32N6O2. The second-order valence-corrected chi connectivity index (χ2v) is 9.24. The molecule has 0 saturated carbocycles. The zero-order valence-corrected chi connectivity index (χ0v) is 19.2. The Morgan fingerprint density at radius 1 is 0.909 bits per heavy atom. The predicted molar refractivity (Wildman–Crippen MR) is 126 cm³/mol. The number of fused-ring (bicyclic) bond motifs is 3. The van der Waals surface area contributed by atoms with E-state index in [0.717, 1.165) is 75.5 Å². The molecule has 0 saturated heterocycles. The maximum Gasteiger partial charge on any atom is 0.261 e. The monoisotopic (exact) mass is 448 g/mol. The number of nitrogens with zero attached hydrogens (tertiary/aromatic N) is 5. The fourth-order valence-corrected chi connectivity index (χ4v) is 5.02. The Morgan fingerprint density at radius 2 is 1.67 bits per heavy atom. The van der Waals surface area contributed by atoms with Crippen LogP contribution in [0.5, 0.6) is 0 Å². The first kappa shape index (κ1) is 21.8. The highest BCUT2D eigenvalue weighted by Crippen LogP contribution is 2.17. The summed E-state index contributed by atoms with van der Waals surface area (Å²) in [6.07, 6.45) is 11.4. The van der Waals surface area contributed by atoms with Gasteiger partial charge in [0.05, 0.1) is 10.9 Å². The van der Waals surface area contributed by atoms with Crippen LogP contribution >= 0.6 is 0 Å². The van der Waals surface area contributed by atoms with Crippen LogP contribution in [0.2, 0.25) is 0 Å². The van der Waals surface area contributed by atoms with Gasteiger partial charge in [0.2, 0.25) is 0 Å². The molecule has 1 N–H and O–H groups in total. The topological polar surface area (TPSA) is 94.7 Å². The molecule has 5 rings (SSSR count). The second kappa shape index (κ2) is 9.85. The SMILES string of the molecule is O=C(NCCCc1nnc2n1CCCCC2)c1ccc2c(=O)n3c(nc2c1)CCCCCC3. The number of nitrogens with one attached hydrogen (secondary N) is 1. The summed E-state index contributed by atoms with van der Waals surface area (Å²) in [5.41, 5.74) is 1.17. The average molecular weight is 449 g/mol. The Hall–Kier alpha value is -3.03.